The maximum Gasteiger partial charge on any atom is 0.449 e. The zero-order chi connectivity index (χ0) is 32.6. The fourth-order valence-corrected chi connectivity index (χ4v) is 6.70. The zero-order valence-electron chi connectivity index (χ0n) is 24.2. The molecule has 230 valence electrons. The summed E-state index contributed by atoms with van der Waals surface area (Å²) in [5, 5.41) is 20.3. The van der Waals surface area contributed by atoms with Gasteiger partial charge in [-0.05, 0) is 59.7 Å². The third kappa shape index (κ3) is 6.34. The molecular formula is C34H27F3N2O5S. The molecule has 1 heterocycles. The van der Waals surface area contributed by atoms with Gasteiger partial charge in [0.25, 0.3) is 0 Å². The highest BCUT2D eigenvalue weighted by molar-refractivity contribution is 7.89. The highest BCUT2D eigenvalue weighted by atomic mass is 32.2. The summed E-state index contributed by atoms with van der Waals surface area (Å²) in [6.45, 7) is 2.44. The molecule has 0 amide bonds. The van der Waals surface area contributed by atoms with Gasteiger partial charge in [-0.3, -0.25) is 4.79 Å². The normalized spacial score (nSPS) is 12.4. The molecule has 0 aliphatic carbocycles. The molecule has 5 aromatic rings. The zero-order valence-corrected chi connectivity index (χ0v) is 25.0. The van der Waals surface area contributed by atoms with E-state index in [0.717, 1.165) is 27.6 Å². The van der Waals surface area contributed by atoms with Crippen molar-refractivity contribution in [2.45, 2.75) is 43.4 Å². The minimum absolute atomic E-state index is 0.103. The van der Waals surface area contributed by atoms with Crippen molar-refractivity contribution in [3.63, 3.8) is 0 Å². The molecule has 5 rings (SSSR count). The Kier molecular flexibility index (Phi) is 8.31. The van der Waals surface area contributed by atoms with Crippen LogP contribution in [0.15, 0.2) is 106 Å². The van der Waals surface area contributed by atoms with Crippen LogP contribution in [0.3, 0.4) is 0 Å². The highest BCUT2D eigenvalue weighted by Gasteiger charge is 2.36. The van der Waals surface area contributed by atoms with Crippen molar-refractivity contribution in [2.24, 2.45) is 0 Å². The van der Waals surface area contributed by atoms with Crippen LogP contribution in [0.25, 0.3) is 21.9 Å². The third-order valence-corrected chi connectivity index (χ3v) is 9.53. The van der Waals surface area contributed by atoms with Crippen LogP contribution >= 0.6 is 0 Å². The molecule has 0 spiro atoms. The molecule has 4 aromatic carbocycles. The average molecular weight is 633 g/mol. The van der Waals surface area contributed by atoms with Crippen LogP contribution in [0.2, 0.25) is 0 Å². The Balaban J connectivity index is 1.54. The fourth-order valence-electron chi connectivity index (χ4n) is 4.97. The summed E-state index contributed by atoms with van der Waals surface area (Å²) in [4.78, 5) is 11.5. The van der Waals surface area contributed by atoms with Gasteiger partial charge in [0, 0.05) is 11.9 Å². The molecule has 0 aliphatic rings. The highest BCUT2D eigenvalue weighted by Crippen LogP contribution is 2.34. The first-order chi connectivity index (χ1) is 21.2. The van der Waals surface area contributed by atoms with E-state index in [1.54, 1.807) is 86.6 Å². The largest absolute Gasteiger partial charge is 0.481 e. The Bertz CT molecular complexity index is 2040. The van der Waals surface area contributed by atoms with E-state index in [9.17, 15) is 36.8 Å². The van der Waals surface area contributed by atoms with E-state index in [1.807, 2.05) is 12.1 Å². The molecule has 11 heteroatoms. The maximum atomic E-state index is 14.3. The van der Waals surface area contributed by atoms with Gasteiger partial charge in [-0.15, -0.1) is 0 Å². The quantitative estimate of drug-likeness (QED) is 0.178. The first kappa shape index (κ1) is 31.5. The molecular weight excluding hydrogens is 605 g/mol. The summed E-state index contributed by atoms with van der Waals surface area (Å²) in [7, 11) is -4.47. The Hall–Kier alpha value is -4.92. The number of carboxylic acids is 1. The minimum atomic E-state index is -4.75. The molecule has 0 fully saturated rings. The molecule has 7 nitrogen and oxygen atoms in total. The van der Waals surface area contributed by atoms with Crippen LogP contribution in [0, 0.1) is 11.3 Å². The van der Waals surface area contributed by atoms with Crippen LogP contribution in [0.1, 0.15) is 42.1 Å². The van der Waals surface area contributed by atoms with Crippen LogP contribution in [0.4, 0.5) is 13.2 Å². The molecule has 1 N–H and O–H groups in total. The second-order valence-electron chi connectivity index (χ2n) is 11.0. The second-order valence-corrected chi connectivity index (χ2v) is 12.9. The van der Waals surface area contributed by atoms with Crippen molar-refractivity contribution < 1.29 is 35.9 Å². The minimum Gasteiger partial charge on any atom is -0.481 e. The molecule has 45 heavy (non-hydrogen) atoms. The van der Waals surface area contributed by atoms with Crippen molar-refractivity contribution in [3.05, 3.63) is 125 Å². The topological polar surface area (TPSA) is 112 Å². The van der Waals surface area contributed by atoms with E-state index in [-0.39, 0.29) is 22.8 Å². The summed E-state index contributed by atoms with van der Waals surface area (Å²) >= 11 is 0. The number of alkyl halides is 3. The van der Waals surface area contributed by atoms with E-state index in [0.29, 0.717) is 21.9 Å². The van der Waals surface area contributed by atoms with Crippen LogP contribution in [0.5, 0.6) is 0 Å². The molecule has 0 atom stereocenters. The molecule has 0 saturated heterocycles. The lowest BCUT2D eigenvalue weighted by atomic mass is 9.83. The molecule has 0 aliphatic heterocycles. The van der Waals surface area contributed by atoms with Crippen molar-refractivity contribution in [1.29, 1.82) is 5.26 Å². The van der Waals surface area contributed by atoms with Crippen molar-refractivity contribution in [1.82, 2.24) is 4.31 Å². The van der Waals surface area contributed by atoms with E-state index >= 15 is 0 Å². The first-order valence-electron chi connectivity index (χ1n) is 13.7. The Morgan fingerprint density at radius 3 is 2.24 bits per heavy atom. The monoisotopic (exact) mass is 632 g/mol. The van der Waals surface area contributed by atoms with Gasteiger partial charge in [-0.2, -0.15) is 22.7 Å². The number of nitrogens with zero attached hydrogens (tertiary/aromatic N) is 2. The SMILES string of the molecule is CC(C)(C(=O)O)c1cccc(-c2ccc(CN(Cc3ccc(C(F)(F)F)o3)S(=O)(=O)c3c(C#N)ccc4ccccc34)cc2)c1. The number of nitriles is 1. The lowest BCUT2D eigenvalue weighted by Gasteiger charge is -2.23. The number of furan rings is 1. The number of hydrogen-bond donors (Lipinski definition) is 1. The maximum absolute atomic E-state index is 14.3. The fraction of sp³-hybridized carbons (Fsp3) is 0.176. The van der Waals surface area contributed by atoms with Crippen molar-refractivity contribution in [2.75, 3.05) is 0 Å². The standard InChI is InChI=1S/C34H27F3N2O5S/c1-33(2,32(40)41)27-8-5-7-25(18-27)23-12-10-22(11-13-23)20-39(21-28-16-17-30(44-28)34(35,36)37)45(42,43)31-26(19-38)15-14-24-6-3-4-9-29(24)31/h3-18H,20-21H2,1-2H3,(H,40,41). The lowest BCUT2D eigenvalue weighted by molar-refractivity contribution is -0.153. The van der Waals surface area contributed by atoms with Gasteiger partial charge < -0.3 is 9.52 Å². The second kappa shape index (κ2) is 11.9. The van der Waals surface area contributed by atoms with E-state index in [4.69, 9.17) is 4.42 Å². The summed E-state index contributed by atoms with van der Waals surface area (Å²) in [5.74, 6) is -2.45. The molecule has 1 aromatic heterocycles. The number of rotatable bonds is 9. The van der Waals surface area contributed by atoms with Gasteiger partial charge in [-0.25, -0.2) is 8.42 Å². The molecule has 0 bridgehead atoms. The van der Waals surface area contributed by atoms with E-state index in [2.05, 4.69) is 0 Å². The number of halogens is 3. The van der Waals surface area contributed by atoms with Gasteiger partial charge in [-0.1, -0.05) is 78.9 Å². The predicted octanol–water partition coefficient (Wildman–Crippen LogP) is 7.74. The Morgan fingerprint density at radius 1 is 0.889 bits per heavy atom. The van der Waals surface area contributed by atoms with Crippen LogP contribution in [-0.2, 0) is 39.5 Å². The number of hydrogen-bond acceptors (Lipinski definition) is 5. The van der Waals surface area contributed by atoms with E-state index in [1.165, 1.54) is 6.07 Å². The summed E-state index contributed by atoms with van der Waals surface area (Å²) in [5.41, 5.74) is 1.40. The van der Waals surface area contributed by atoms with Crippen LogP contribution in [-0.4, -0.2) is 23.8 Å². The number of carbonyl (C=O) groups is 1. The van der Waals surface area contributed by atoms with Crippen LogP contribution < -0.4 is 0 Å². The summed E-state index contributed by atoms with van der Waals surface area (Å²) in [6.07, 6.45) is -4.75. The predicted molar refractivity (Wildman–Crippen MR) is 161 cm³/mol. The van der Waals surface area contributed by atoms with Gasteiger partial charge in [0.15, 0.2) is 0 Å². The third-order valence-electron chi connectivity index (χ3n) is 7.64. The number of sulfonamides is 1. The smallest absolute Gasteiger partial charge is 0.449 e. The van der Waals surface area contributed by atoms with Gasteiger partial charge in [0.2, 0.25) is 15.8 Å². The number of fused-ring (bicyclic) bond motifs is 1. The summed E-state index contributed by atoms with van der Waals surface area (Å²) < 4.78 is 74.3. The van der Waals surface area contributed by atoms with Crippen molar-refractivity contribution >= 4 is 26.8 Å². The van der Waals surface area contributed by atoms with Gasteiger partial charge in [0.1, 0.15) is 16.7 Å². The Morgan fingerprint density at radius 2 is 1.60 bits per heavy atom. The lowest BCUT2D eigenvalue weighted by Crippen LogP contribution is -2.31. The number of aliphatic carboxylic acids is 1. The average Bonchev–Trinajstić information content (AvgIpc) is 3.50. The molecule has 0 radical (unpaired) electrons. The molecule has 0 saturated carbocycles. The summed E-state index contributed by atoms with van der Waals surface area (Å²) in [6, 6.07) is 27.4. The van der Waals surface area contributed by atoms with Crippen molar-refractivity contribution in [3.8, 4) is 17.2 Å². The molecule has 0 unspecified atom stereocenters. The first-order valence-corrected chi connectivity index (χ1v) is 15.2. The number of carboxylic acid groups (broad SMARTS) is 1. The number of benzene rings is 4. The Labute approximate surface area is 257 Å². The van der Waals surface area contributed by atoms with E-state index < -0.39 is 39.9 Å². The van der Waals surface area contributed by atoms with Gasteiger partial charge >= 0.3 is 12.1 Å². The van der Waals surface area contributed by atoms with Gasteiger partial charge in [0.05, 0.1) is 17.5 Å².